The van der Waals surface area contributed by atoms with Gasteiger partial charge in [0.15, 0.2) is 12.4 Å². The van der Waals surface area contributed by atoms with Gasteiger partial charge in [0.25, 0.3) is 5.91 Å². The second-order valence-corrected chi connectivity index (χ2v) is 5.19. The number of rotatable bonds is 8. The molecule has 24 heavy (non-hydrogen) atoms. The molecule has 1 heterocycles. The number of methoxy groups -OCH3 is 1. The molecule has 0 fully saturated rings. The SMILES string of the molecule is COCc1ccc(C(=O)N(C)Cc2ccc(OCC(=O)O)cc2)o1. The number of carbonyl (C=O) groups is 2. The standard InChI is InChI=1S/C17H19NO6/c1-18(17(21)15-8-7-14(24-15)10-22-2)9-12-3-5-13(6-4-12)23-11-16(19)20/h3-8H,9-11H2,1-2H3,(H,19,20). The van der Waals surface area contributed by atoms with Crippen molar-refractivity contribution in [2.45, 2.75) is 13.2 Å². The number of benzene rings is 1. The van der Waals surface area contributed by atoms with Crippen LogP contribution in [0.3, 0.4) is 0 Å². The molecule has 0 saturated heterocycles. The second kappa shape index (κ2) is 8.16. The zero-order chi connectivity index (χ0) is 17.5. The summed E-state index contributed by atoms with van der Waals surface area (Å²) in [6.45, 7) is 0.313. The van der Waals surface area contributed by atoms with E-state index in [0.717, 1.165) is 5.56 Å². The summed E-state index contributed by atoms with van der Waals surface area (Å²) in [5, 5.41) is 8.57. The molecular weight excluding hydrogens is 314 g/mol. The number of carbonyl (C=O) groups excluding carboxylic acids is 1. The van der Waals surface area contributed by atoms with E-state index in [1.165, 1.54) is 4.90 Å². The van der Waals surface area contributed by atoms with Crippen molar-refractivity contribution in [3.8, 4) is 5.75 Å². The molecule has 0 atom stereocenters. The van der Waals surface area contributed by atoms with Gasteiger partial charge in [-0.2, -0.15) is 0 Å². The minimum Gasteiger partial charge on any atom is -0.482 e. The van der Waals surface area contributed by atoms with Crippen LogP contribution in [0.2, 0.25) is 0 Å². The number of hydrogen-bond donors (Lipinski definition) is 1. The van der Waals surface area contributed by atoms with Crippen LogP contribution in [0.25, 0.3) is 0 Å². The number of carboxylic acid groups (broad SMARTS) is 1. The Labute approximate surface area is 139 Å². The number of nitrogens with zero attached hydrogens (tertiary/aromatic N) is 1. The number of ether oxygens (including phenoxy) is 2. The maximum atomic E-state index is 12.3. The molecule has 1 aromatic heterocycles. The molecule has 0 aliphatic rings. The molecule has 1 amide bonds. The van der Waals surface area contributed by atoms with Crippen LogP contribution < -0.4 is 4.74 Å². The molecule has 1 aromatic carbocycles. The Kier molecular flexibility index (Phi) is 5.97. The van der Waals surface area contributed by atoms with Crippen molar-refractivity contribution in [1.29, 1.82) is 0 Å². The molecule has 1 N–H and O–H groups in total. The minimum absolute atomic E-state index is 0.233. The predicted octanol–water partition coefficient (Wildman–Crippen LogP) is 2.16. The van der Waals surface area contributed by atoms with Crippen molar-refractivity contribution in [3.05, 3.63) is 53.5 Å². The average molecular weight is 333 g/mol. The molecule has 2 aromatic rings. The second-order valence-electron chi connectivity index (χ2n) is 5.19. The van der Waals surface area contributed by atoms with Crippen molar-refractivity contribution < 1.29 is 28.6 Å². The molecule has 0 saturated carbocycles. The smallest absolute Gasteiger partial charge is 0.341 e. The van der Waals surface area contributed by atoms with Crippen LogP contribution in [0.5, 0.6) is 5.75 Å². The number of hydrogen-bond acceptors (Lipinski definition) is 5. The van der Waals surface area contributed by atoms with Crippen molar-refractivity contribution >= 4 is 11.9 Å². The first kappa shape index (κ1) is 17.6. The van der Waals surface area contributed by atoms with Gasteiger partial charge in [-0.3, -0.25) is 4.79 Å². The van der Waals surface area contributed by atoms with E-state index in [-0.39, 0.29) is 18.3 Å². The lowest BCUT2D eigenvalue weighted by atomic mass is 10.2. The highest BCUT2D eigenvalue weighted by atomic mass is 16.5. The summed E-state index contributed by atoms with van der Waals surface area (Å²) in [6.07, 6.45) is 0. The molecule has 0 bridgehead atoms. The Morgan fingerprint density at radius 2 is 1.88 bits per heavy atom. The van der Waals surface area contributed by atoms with Gasteiger partial charge in [0, 0.05) is 20.7 Å². The van der Waals surface area contributed by atoms with Gasteiger partial charge in [-0.1, -0.05) is 12.1 Å². The topological polar surface area (TPSA) is 89.2 Å². The predicted molar refractivity (Wildman–Crippen MR) is 84.8 cm³/mol. The number of furan rings is 1. The third kappa shape index (κ3) is 4.85. The van der Waals surface area contributed by atoms with Crippen LogP contribution >= 0.6 is 0 Å². The molecule has 2 rings (SSSR count). The largest absolute Gasteiger partial charge is 0.482 e. The summed E-state index contributed by atoms with van der Waals surface area (Å²) in [4.78, 5) is 24.3. The van der Waals surface area contributed by atoms with Gasteiger partial charge in [-0.25, -0.2) is 4.79 Å². The van der Waals surface area contributed by atoms with Crippen LogP contribution in [0.15, 0.2) is 40.8 Å². The molecule has 7 nitrogen and oxygen atoms in total. The van der Waals surface area contributed by atoms with Crippen LogP contribution in [0, 0.1) is 0 Å². The lowest BCUT2D eigenvalue weighted by Crippen LogP contribution is -2.25. The molecule has 128 valence electrons. The Hall–Kier alpha value is -2.80. The lowest BCUT2D eigenvalue weighted by molar-refractivity contribution is -0.139. The number of amides is 1. The third-order valence-electron chi connectivity index (χ3n) is 3.21. The first-order chi connectivity index (χ1) is 11.5. The van der Waals surface area contributed by atoms with Crippen molar-refractivity contribution in [2.24, 2.45) is 0 Å². The summed E-state index contributed by atoms with van der Waals surface area (Å²) in [5.74, 6) is 0.0461. The highest BCUT2D eigenvalue weighted by molar-refractivity contribution is 5.91. The highest BCUT2D eigenvalue weighted by Gasteiger charge is 2.16. The molecule has 0 unspecified atom stereocenters. The maximum Gasteiger partial charge on any atom is 0.341 e. The monoisotopic (exact) mass is 333 g/mol. The zero-order valence-electron chi connectivity index (χ0n) is 13.5. The Bertz CT molecular complexity index is 691. The van der Waals surface area contributed by atoms with Crippen LogP contribution in [0.1, 0.15) is 21.9 Å². The molecule has 0 aliphatic heterocycles. The molecule has 0 spiro atoms. The van der Waals surface area contributed by atoms with E-state index in [0.29, 0.717) is 24.7 Å². The summed E-state index contributed by atoms with van der Waals surface area (Å²) < 4.78 is 15.4. The van der Waals surface area contributed by atoms with Crippen LogP contribution in [-0.2, 0) is 22.7 Å². The minimum atomic E-state index is -1.03. The van der Waals surface area contributed by atoms with Gasteiger partial charge in [0.1, 0.15) is 18.1 Å². The third-order valence-corrected chi connectivity index (χ3v) is 3.21. The number of carboxylic acids is 1. The summed E-state index contributed by atoms with van der Waals surface area (Å²) in [5.41, 5.74) is 0.886. The molecule has 0 aliphatic carbocycles. The molecule has 0 radical (unpaired) electrons. The van der Waals surface area contributed by atoms with E-state index in [1.807, 2.05) is 0 Å². The first-order valence-corrected chi connectivity index (χ1v) is 7.26. The van der Waals surface area contributed by atoms with Crippen molar-refractivity contribution in [3.63, 3.8) is 0 Å². The van der Waals surface area contributed by atoms with Gasteiger partial charge in [0.2, 0.25) is 0 Å². The fourth-order valence-corrected chi connectivity index (χ4v) is 2.08. The first-order valence-electron chi connectivity index (χ1n) is 7.26. The summed E-state index contributed by atoms with van der Waals surface area (Å²) in [6, 6.07) is 10.2. The van der Waals surface area contributed by atoms with E-state index in [9.17, 15) is 9.59 Å². The maximum absolute atomic E-state index is 12.3. The van der Waals surface area contributed by atoms with Gasteiger partial charge in [0.05, 0.1) is 0 Å². The fourth-order valence-electron chi connectivity index (χ4n) is 2.08. The Morgan fingerprint density at radius 3 is 2.50 bits per heavy atom. The van der Waals surface area contributed by atoms with Gasteiger partial charge < -0.3 is 23.9 Å². The van der Waals surface area contributed by atoms with E-state index in [1.54, 1.807) is 50.6 Å². The normalized spacial score (nSPS) is 10.4. The molecule has 7 heteroatoms. The zero-order valence-corrected chi connectivity index (χ0v) is 13.5. The van der Waals surface area contributed by atoms with Gasteiger partial charge >= 0.3 is 5.97 Å². The average Bonchev–Trinajstić information content (AvgIpc) is 3.02. The fraction of sp³-hybridized carbons (Fsp3) is 0.294. The van der Waals surface area contributed by atoms with E-state index >= 15 is 0 Å². The Morgan fingerprint density at radius 1 is 1.17 bits per heavy atom. The van der Waals surface area contributed by atoms with Gasteiger partial charge in [-0.15, -0.1) is 0 Å². The van der Waals surface area contributed by atoms with E-state index in [2.05, 4.69) is 0 Å². The van der Waals surface area contributed by atoms with Crippen molar-refractivity contribution in [2.75, 3.05) is 20.8 Å². The van der Waals surface area contributed by atoms with Crippen LogP contribution in [-0.4, -0.2) is 42.6 Å². The van der Waals surface area contributed by atoms with Gasteiger partial charge in [-0.05, 0) is 29.8 Å². The van der Waals surface area contributed by atoms with Crippen LogP contribution in [0.4, 0.5) is 0 Å². The van der Waals surface area contributed by atoms with E-state index < -0.39 is 5.97 Å². The van der Waals surface area contributed by atoms with Crippen molar-refractivity contribution in [1.82, 2.24) is 4.90 Å². The summed E-state index contributed by atoms with van der Waals surface area (Å²) in [7, 11) is 3.23. The van der Waals surface area contributed by atoms with E-state index in [4.69, 9.17) is 19.0 Å². The summed E-state index contributed by atoms with van der Waals surface area (Å²) >= 11 is 0. The number of aliphatic carboxylic acids is 1. The quantitative estimate of drug-likeness (QED) is 0.796. The molecular formula is C17H19NO6. The Balaban J connectivity index is 1.94. The highest BCUT2D eigenvalue weighted by Crippen LogP contribution is 2.16. The lowest BCUT2D eigenvalue weighted by Gasteiger charge is -2.16.